The number of hydrogen-bond donors (Lipinski definition) is 0. The lowest BCUT2D eigenvalue weighted by Crippen LogP contribution is -2.32. The van der Waals surface area contributed by atoms with Gasteiger partial charge in [0.15, 0.2) is 0 Å². The van der Waals surface area contributed by atoms with Crippen LogP contribution in [0.4, 0.5) is 0 Å². The van der Waals surface area contributed by atoms with E-state index in [9.17, 15) is 9.59 Å². The molecule has 1 aromatic heterocycles. The molecule has 2 aromatic rings. The van der Waals surface area contributed by atoms with E-state index < -0.39 is 0 Å². The normalized spacial score (nSPS) is 15.5. The predicted molar refractivity (Wildman–Crippen MR) is 69.6 cm³/mol. The van der Waals surface area contributed by atoms with Crippen LogP contribution in [0, 0.1) is 0 Å². The Morgan fingerprint density at radius 3 is 2.37 bits per heavy atom. The molecule has 3 rings (SSSR count). The van der Waals surface area contributed by atoms with E-state index in [1.807, 2.05) is 37.3 Å². The average molecular weight is 252 g/mol. The van der Waals surface area contributed by atoms with Crippen LogP contribution in [-0.4, -0.2) is 21.7 Å². The van der Waals surface area contributed by atoms with E-state index in [0.717, 1.165) is 5.56 Å². The monoisotopic (exact) mass is 252 g/mol. The van der Waals surface area contributed by atoms with Crippen molar-refractivity contribution in [3.63, 3.8) is 0 Å². The zero-order valence-electron chi connectivity index (χ0n) is 10.4. The fourth-order valence-electron chi connectivity index (χ4n) is 2.34. The number of fused-ring (bicyclic) bond motifs is 1. The van der Waals surface area contributed by atoms with Gasteiger partial charge in [-0.2, -0.15) is 0 Å². The lowest BCUT2D eigenvalue weighted by Gasteiger charge is -2.22. The molecule has 0 spiro atoms. The quantitative estimate of drug-likeness (QED) is 0.771. The highest BCUT2D eigenvalue weighted by molar-refractivity contribution is 6.21. The second-order valence-corrected chi connectivity index (χ2v) is 4.49. The van der Waals surface area contributed by atoms with Crippen LogP contribution in [0.5, 0.6) is 0 Å². The largest absolute Gasteiger partial charge is 0.269 e. The first kappa shape index (κ1) is 11.6. The Bertz CT molecular complexity index is 617. The molecule has 1 aliphatic rings. The molecule has 1 aliphatic heterocycles. The van der Waals surface area contributed by atoms with Gasteiger partial charge < -0.3 is 0 Å². The second-order valence-electron chi connectivity index (χ2n) is 4.49. The molecule has 4 nitrogen and oxygen atoms in total. The lowest BCUT2D eigenvalue weighted by atomic mass is 10.1. The van der Waals surface area contributed by atoms with Crippen LogP contribution in [0.2, 0.25) is 0 Å². The first-order chi connectivity index (χ1) is 9.20. The minimum Gasteiger partial charge on any atom is -0.269 e. The predicted octanol–water partition coefficient (Wildman–Crippen LogP) is 2.44. The van der Waals surface area contributed by atoms with Crippen molar-refractivity contribution in [2.24, 2.45) is 0 Å². The third kappa shape index (κ3) is 1.73. The Kier molecular flexibility index (Phi) is 2.63. The highest BCUT2D eigenvalue weighted by atomic mass is 16.2. The van der Waals surface area contributed by atoms with Crippen LogP contribution in [0.15, 0.2) is 48.8 Å². The molecule has 1 unspecified atom stereocenters. The summed E-state index contributed by atoms with van der Waals surface area (Å²) in [6.07, 6.45) is 2.98. The van der Waals surface area contributed by atoms with E-state index in [2.05, 4.69) is 4.98 Å². The fourth-order valence-corrected chi connectivity index (χ4v) is 2.34. The summed E-state index contributed by atoms with van der Waals surface area (Å²) in [6, 6.07) is 10.8. The highest BCUT2D eigenvalue weighted by Gasteiger charge is 2.38. The van der Waals surface area contributed by atoms with Gasteiger partial charge in [-0.25, -0.2) is 0 Å². The van der Waals surface area contributed by atoms with Gasteiger partial charge in [-0.05, 0) is 18.6 Å². The lowest BCUT2D eigenvalue weighted by molar-refractivity contribution is 0.0595. The Morgan fingerprint density at radius 2 is 1.68 bits per heavy atom. The number of rotatable bonds is 2. The molecule has 1 aromatic carbocycles. The number of imide groups is 1. The van der Waals surface area contributed by atoms with Crippen molar-refractivity contribution < 1.29 is 9.59 Å². The molecule has 2 heterocycles. The van der Waals surface area contributed by atoms with Gasteiger partial charge >= 0.3 is 0 Å². The molecule has 0 bridgehead atoms. The van der Waals surface area contributed by atoms with Crippen molar-refractivity contribution in [1.29, 1.82) is 0 Å². The molecular weight excluding hydrogens is 240 g/mol. The SMILES string of the molecule is CC(c1ccccc1)N1C(=O)c2ccncc2C1=O. The molecule has 0 fully saturated rings. The van der Waals surface area contributed by atoms with Gasteiger partial charge in [-0.3, -0.25) is 19.5 Å². The molecule has 1 atom stereocenters. The third-order valence-corrected chi connectivity index (χ3v) is 3.39. The average Bonchev–Trinajstić information content (AvgIpc) is 2.72. The van der Waals surface area contributed by atoms with Crippen molar-refractivity contribution in [1.82, 2.24) is 9.88 Å². The minimum absolute atomic E-state index is 0.251. The van der Waals surface area contributed by atoms with Gasteiger partial charge in [0.2, 0.25) is 0 Å². The first-order valence-electron chi connectivity index (χ1n) is 6.07. The number of benzene rings is 1. The molecule has 0 radical (unpaired) electrons. The first-order valence-corrected chi connectivity index (χ1v) is 6.07. The summed E-state index contributed by atoms with van der Waals surface area (Å²) in [5, 5.41) is 0. The summed E-state index contributed by atoms with van der Waals surface area (Å²) < 4.78 is 0. The van der Waals surface area contributed by atoms with Gasteiger partial charge in [-0.15, -0.1) is 0 Å². The zero-order valence-corrected chi connectivity index (χ0v) is 10.4. The summed E-state index contributed by atoms with van der Waals surface area (Å²) in [6.45, 7) is 1.85. The van der Waals surface area contributed by atoms with Crippen LogP contribution >= 0.6 is 0 Å². The van der Waals surface area contributed by atoms with E-state index in [1.165, 1.54) is 17.3 Å². The van der Waals surface area contributed by atoms with Crippen molar-refractivity contribution >= 4 is 11.8 Å². The minimum atomic E-state index is -0.284. The van der Waals surface area contributed by atoms with Crippen LogP contribution in [0.25, 0.3) is 0 Å². The summed E-state index contributed by atoms with van der Waals surface area (Å²) in [7, 11) is 0. The molecule has 19 heavy (non-hydrogen) atoms. The van der Waals surface area contributed by atoms with Crippen molar-refractivity contribution in [3.8, 4) is 0 Å². The Labute approximate surface area is 110 Å². The molecule has 2 amide bonds. The Morgan fingerprint density at radius 1 is 1.00 bits per heavy atom. The third-order valence-electron chi connectivity index (χ3n) is 3.39. The smallest absolute Gasteiger partial charge is 0.263 e. The number of carbonyl (C=O) groups is 2. The van der Waals surface area contributed by atoms with Crippen LogP contribution in [0.3, 0.4) is 0 Å². The fraction of sp³-hybridized carbons (Fsp3) is 0.133. The number of amides is 2. The molecule has 0 N–H and O–H groups in total. The van der Waals surface area contributed by atoms with Crippen LogP contribution < -0.4 is 0 Å². The second kappa shape index (κ2) is 4.31. The van der Waals surface area contributed by atoms with E-state index >= 15 is 0 Å². The Hall–Kier alpha value is -2.49. The van der Waals surface area contributed by atoms with Crippen molar-refractivity contribution in [2.45, 2.75) is 13.0 Å². The Balaban J connectivity index is 2.01. The molecular formula is C15H12N2O2. The number of carbonyl (C=O) groups excluding carboxylic acids is 2. The van der Waals surface area contributed by atoms with Crippen LogP contribution in [-0.2, 0) is 0 Å². The standard InChI is InChI=1S/C15H12N2O2/c1-10(11-5-3-2-4-6-11)17-14(18)12-7-8-16-9-13(12)15(17)19/h2-10H,1H3. The maximum Gasteiger partial charge on any atom is 0.263 e. The van der Waals surface area contributed by atoms with E-state index in [0.29, 0.717) is 11.1 Å². The van der Waals surface area contributed by atoms with E-state index in [1.54, 1.807) is 6.07 Å². The summed E-state index contributed by atoms with van der Waals surface area (Å²) in [5.74, 6) is -0.525. The van der Waals surface area contributed by atoms with Gasteiger partial charge in [0.1, 0.15) is 0 Å². The molecule has 94 valence electrons. The topological polar surface area (TPSA) is 50.3 Å². The maximum absolute atomic E-state index is 12.3. The van der Waals surface area contributed by atoms with Crippen molar-refractivity contribution in [3.05, 3.63) is 65.5 Å². The zero-order chi connectivity index (χ0) is 13.4. The number of nitrogens with zero attached hydrogens (tertiary/aromatic N) is 2. The van der Waals surface area contributed by atoms with E-state index in [4.69, 9.17) is 0 Å². The van der Waals surface area contributed by atoms with Gasteiger partial charge in [-0.1, -0.05) is 30.3 Å². The van der Waals surface area contributed by atoms with Crippen molar-refractivity contribution in [2.75, 3.05) is 0 Å². The van der Waals surface area contributed by atoms with Gasteiger partial charge in [0.05, 0.1) is 17.2 Å². The number of pyridine rings is 1. The summed E-state index contributed by atoms with van der Waals surface area (Å²) in [4.78, 5) is 29.8. The van der Waals surface area contributed by atoms with Crippen LogP contribution in [0.1, 0.15) is 39.2 Å². The molecule has 0 saturated heterocycles. The molecule has 4 heteroatoms. The summed E-state index contributed by atoms with van der Waals surface area (Å²) in [5.41, 5.74) is 1.75. The number of aromatic nitrogens is 1. The molecule has 0 aliphatic carbocycles. The molecule has 0 saturated carbocycles. The summed E-state index contributed by atoms with van der Waals surface area (Å²) >= 11 is 0. The van der Waals surface area contributed by atoms with Gasteiger partial charge in [0.25, 0.3) is 11.8 Å². The van der Waals surface area contributed by atoms with E-state index in [-0.39, 0.29) is 17.9 Å². The number of hydrogen-bond acceptors (Lipinski definition) is 3. The highest BCUT2D eigenvalue weighted by Crippen LogP contribution is 2.30. The maximum atomic E-state index is 12.3. The van der Waals surface area contributed by atoms with Gasteiger partial charge in [0, 0.05) is 12.4 Å².